The van der Waals surface area contributed by atoms with Crippen molar-refractivity contribution in [1.29, 1.82) is 0 Å². The maximum Gasteiger partial charge on any atom is 0.269 e. The van der Waals surface area contributed by atoms with Crippen LogP contribution in [0.5, 0.6) is 0 Å². The summed E-state index contributed by atoms with van der Waals surface area (Å²) in [5.41, 5.74) is 6.25. The SMILES string of the molecule is Cc1ccc(C)c(C2c3cccn3CCCN2Cc2cccc([N+](=O)[O-])c2)c1. The number of benzene rings is 2. The number of fused-ring (bicyclic) bond motifs is 1. The molecule has 0 bridgehead atoms. The normalized spacial score (nSPS) is 17.1. The smallest absolute Gasteiger partial charge is 0.269 e. The van der Waals surface area contributed by atoms with Crippen molar-refractivity contribution in [1.82, 2.24) is 9.47 Å². The summed E-state index contributed by atoms with van der Waals surface area (Å²) in [5, 5.41) is 11.2. The molecule has 0 aliphatic carbocycles. The molecule has 0 N–H and O–H groups in total. The van der Waals surface area contributed by atoms with Crippen LogP contribution in [-0.2, 0) is 13.1 Å². The molecular formula is C23H25N3O2. The van der Waals surface area contributed by atoms with E-state index in [1.165, 1.54) is 22.4 Å². The second-order valence-corrected chi connectivity index (χ2v) is 7.64. The maximum absolute atomic E-state index is 11.2. The minimum atomic E-state index is -0.320. The lowest BCUT2D eigenvalue weighted by Crippen LogP contribution is -2.30. The van der Waals surface area contributed by atoms with E-state index in [0.717, 1.165) is 25.1 Å². The monoisotopic (exact) mass is 375 g/mol. The summed E-state index contributed by atoms with van der Waals surface area (Å²) < 4.78 is 2.35. The van der Waals surface area contributed by atoms with Crippen molar-refractivity contribution >= 4 is 5.69 Å². The summed E-state index contributed by atoms with van der Waals surface area (Å²) in [5.74, 6) is 0. The van der Waals surface area contributed by atoms with Gasteiger partial charge < -0.3 is 4.57 Å². The largest absolute Gasteiger partial charge is 0.350 e. The van der Waals surface area contributed by atoms with Crippen LogP contribution in [0.2, 0.25) is 0 Å². The van der Waals surface area contributed by atoms with E-state index in [9.17, 15) is 10.1 Å². The topological polar surface area (TPSA) is 51.3 Å². The van der Waals surface area contributed by atoms with Crippen molar-refractivity contribution in [2.24, 2.45) is 0 Å². The van der Waals surface area contributed by atoms with Crippen molar-refractivity contribution in [3.05, 3.63) is 98.9 Å². The van der Waals surface area contributed by atoms with Crippen LogP contribution in [0.4, 0.5) is 5.69 Å². The van der Waals surface area contributed by atoms with Crippen LogP contribution < -0.4 is 0 Å². The summed E-state index contributed by atoms with van der Waals surface area (Å²) in [6.07, 6.45) is 3.21. The molecule has 1 atom stereocenters. The first kappa shape index (κ1) is 18.4. The zero-order valence-corrected chi connectivity index (χ0v) is 16.3. The van der Waals surface area contributed by atoms with E-state index in [0.29, 0.717) is 6.54 Å². The lowest BCUT2D eigenvalue weighted by atomic mass is 9.95. The second kappa shape index (κ2) is 7.60. The number of aromatic nitrogens is 1. The van der Waals surface area contributed by atoms with Gasteiger partial charge in [0, 0.05) is 43.7 Å². The van der Waals surface area contributed by atoms with Crippen molar-refractivity contribution in [2.45, 2.75) is 39.4 Å². The van der Waals surface area contributed by atoms with Crippen LogP contribution in [-0.4, -0.2) is 20.9 Å². The van der Waals surface area contributed by atoms with Crippen molar-refractivity contribution < 1.29 is 4.92 Å². The summed E-state index contributed by atoms with van der Waals surface area (Å²) in [6.45, 7) is 6.92. The minimum Gasteiger partial charge on any atom is -0.350 e. The molecule has 0 saturated heterocycles. The van der Waals surface area contributed by atoms with Gasteiger partial charge in [0.25, 0.3) is 5.69 Å². The first-order valence-corrected chi connectivity index (χ1v) is 9.72. The molecule has 1 aromatic heterocycles. The summed E-state index contributed by atoms with van der Waals surface area (Å²) >= 11 is 0. The Hall–Kier alpha value is -2.92. The predicted molar refractivity (Wildman–Crippen MR) is 110 cm³/mol. The van der Waals surface area contributed by atoms with Gasteiger partial charge in [0.2, 0.25) is 0 Å². The van der Waals surface area contributed by atoms with Gasteiger partial charge in [-0.25, -0.2) is 0 Å². The summed E-state index contributed by atoms with van der Waals surface area (Å²) in [4.78, 5) is 13.3. The predicted octanol–water partition coefficient (Wildman–Crippen LogP) is 5.01. The molecule has 5 nitrogen and oxygen atoms in total. The van der Waals surface area contributed by atoms with Gasteiger partial charge in [-0.1, -0.05) is 35.9 Å². The molecule has 144 valence electrons. The van der Waals surface area contributed by atoms with Crippen LogP contribution in [0.3, 0.4) is 0 Å². The molecule has 2 heterocycles. The highest BCUT2D eigenvalue weighted by Crippen LogP contribution is 2.35. The molecule has 28 heavy (non-hydrogen) atoms. The first-order chi connectivity index (χ1) is 13.5. The second-order valence-electron chi connectivity index (χ2n) is 7.64. The number of nitro groups is 1. The fraction of sp³-hybridized carbons (Fsp3) is 0.304. The number of nitrogens with zero attached hydrogens (tertiary/aromatic N) is 3. The van der Waals surface area contributed by atoms with Crippen LogP contribution in [0.25, 0.3) is 0 Å². The summed E-state index contributed by atoms with van der Waals surface area (Å²) in [6, 6.07) is 18.1. The van der Waals surface area contributed by atoms with E-state index in [2.05, 4.69) is 59.8 Å². The molecule has 2 aromatic carbocycles. The number of rotatable bonds is 4. The molecule has 0 spiro atoms. The van der Waals surface area contributed by atoms with Crippen LogP contribution in [0.1, 0.15) is 40.4 Å². The number of nitro benzene ring substituents is 1. The van der Waals surface area contributed by atoms with Crippen LogP contribution in [0.15, 0.2) is 60.8 Å². The van der Waals surface area contributed by atoms with E-state index < -0.39 is 0 Å². The van der Waals surface area contributed by atoms with Gasteiger partial charge in [-0.3, -0.25) is 15.0 Å². The van der Waals surface area contributed by atoms with Crippen LogP contribution in [0, 0.1) is 24.0 Å². The van der Waals surface area contributed by atoms with Crippen molar-refractivity contribution in [2.75, 3.05) is 6.54 Å². The zero-order chi connectivity index (χ0) is 19.7. The Morgan fingerprint density at radius 1 is 1.07 bits per heavy atom. The number of aryl methyl sites for hydroxylation is 3. The molecular weight excluding hydrogens is 350 g/mol. The number of hydrogen-bond donors (Lipinski definition) is 0. The van der Waals surface area contributed by atoms with Gasteiger partial charge in [0.15, 0.2) is 0 Å². The van der Waals surface area contributed by atoms with E-state index >= 15 is 0 Å². The lowest BCUT2D eigenvalue weighted by molar-refractivity contribution is -0.384. The van der Waals surface area contributed by atoms with Gasteiger partial charge in [0.05, 0.1) is 11.0 Å². The quantitative estimate of drug-likeness (QED) is 0.476. The molecule has 1 unspecified atom stereocenters. The Kier molecular flexibility index (Phi) is 5.01. The van der Waals surface area contributed by atoms with Gasteiger partial charge >= 0.3 is 0 Å². The molecule has 3 aromatic rings. The van der Waals surface area contributed by atoms with Gasteiger partial charge in [0.1, 0.15) is 0 Å². The molecule has 5 heteroatoms. The van der Waals surface area contributed by atoms with E-state index in [1.807, 2.05) is 6.07 Å². The third kappa shape index (κ3) is 3.58. The first-order valence-electron chi connectivity index (χ1n) is 9.72. The van der Waals surface area contributed by atoms with Crippen molar-refractivity contribution in [3.8, 4) is 0 Å². The summed E-state index contributed by atoms with van der Waals surface area (Å²) in [7, 11) is 0. The van der Waals surface area contributed by atoms with Crippen LogP contribution >= 0.6 is 0 Å². The highest BCUT2D eigenvalue weighted by molar-refractivity contribution is 5.39. The van der Waals surface area contributed by atoms with Gasteiger partial charge in [-0.15, -0.1) is 0 Å². The van der Waals surface area contributed by atoms with Crippen molar-refractivity contribution in [3.63, 3.8) is 0 Å². The number of hydrogen-bond acceptors (Lipinski definition) is 3. The molecule has 1 aliphatic heterocycles. The maximum atomic E-state index is 11.2. The number of non-ortho nitro benzene ring substituents is 1. The highest BCUT2D eigenvalue weighted by atomic mass is 16.6. The van der Waals surface area contributed by atoms with E-state index in [-0.39, 0.29) is 16.7 Å². The fourth-order valence-electron chi connectivity index (χ4n) is 4.22. The minimum absolute atomic E-state index is 0.136. The molecule has 0 fully saturated rings. The average Bonchev–Trinajstić information content (AvgIpc) is 3.06. The molecule has 4 rings (SSSR count). The molecule has 0 radical (unpaired) electrons. The highest BCUT2D eigenvalue weighted by Gasteiger charge is 2.28. The average molecular weight is 375 g/mol. The Bertz CT molecular complexity index is 1010. The van der Waals surface area contributed by atoms with Gasteiger partial charge in [-0.05, 0) is 49.1 Å². The third-order valence-electron chi connectivity index (χ3n) is 5.59. The Morgan fingerprint density at radius 3 is 2.75 bits per heavy atom. The Morgan fingerprint density at radius 2 is 1.93 bits per heavy atom. The lowest BCUT2D eigenvalue weighted by Gasteiger charge is -2.32. The van der Waals surface area contributed by atoms with E-state index in [4.69, 9.17) is 0 Å². The fourth-order valence-corrected chi connectivity index (χ4v) is 4.22. The molecule has 0 saturated carbocycles. The molecule has 0 amide bonds. The van der Waals surface area contributed by atoms with Gasteiger partial charge in [-0.2, -0.15) is 0 Å². The standard InChI is InChI=1S/C23H25N3O2/c1-17-9-10-18(2)21(14-17)23-22-8-4-11-24(22)12-5-13-25(23)16-19-6-3-7-20(15-19)26(27)28/h3-4,6-11,14-15,23H,5,12-13,16H2,1-2H3. The Balaban J connectivity index is 1.77. The van der Waals surface area contributed by atoms with E-state index in [1.54, 1.807) is 18.2 Å². The Labute approximate surface area is 165 Å². The molecule has 1 aliphatic rings. The zero-order valence-electron chi connectivity index (χ0n) is 16.3. The third-order valence-corrected chi connectivity index (χ3v) is 5.59.